The maximum absolute atomic E-state index is 2.63. The van der Waals surface area contributed by atoms with Crippen LogP contribution in [0.5, 0.6) is 0 Å². The SMILES string of the molecule is CCCCCc1ccc(CCC(CCCCC)Cc2ccc(CCCCC)c(CCCCC)c2)cc1CCCCC. The molecule has 41 heavy (non-hydrogen) atoms. The first-order chi connectivity index (χ1) is 20.1. The van der Waals surface area contributed by atoms with Gasteiger partial charge in [0, 0.05) is 0 Å². The first-order valence-electron chi connectivity index (χ1n) is 18.4. The minimum absolute atomic E-state index is 0.795. The van der Waals surface area contributed by atoms with Gasteiger partial charge in [0.15, 0.2) is 0 Å². The van der Waals surface area contributed by atoms with E-state index in [1.54, 1.807) is 33.4 Å². The number of benzene rings is 2. The lowest BCUT2D eigenvalue weighted by molar-refractivity contribution is 0.426. The fourth-order valence-corrected chi connectivity index (χ4v) is 6.59. The normalized spacial score (nSPS) is 12.2. The molecule has 2 rings (SSSR count). The fraction of sp³-hybridized carbons (Fsp3) is 0.707. The zero-order valence-corrected chi connectivity index (χ0v) is 28.3. The molecule has 0 fully saturated rings. The van der Waals surface area contributed by atoms with Crippen molar-refractivity contribution < 1.29 is 0 Å². The average molecular weight is 561 g/mol. The van der Waals surface area contributed by atoms with E-state index in [1.165, 1.54) is 148 Å². The highest BCUT2D eigenvalue weighted by atomic mass is 14.2. The lowest BCUT2D eigenvalue weighted by atomic mass is 9.86. The second-order valence-corrected chi connectivity index (χ2v) is 13.1. The highest BCUT2D eigenvalue weighted by Gasteiger charge is 2.13. The zero-order chi connectivity index (χ0) is 29.5. The molecule has 0 bridgehead atoms. The van der Waals surface area contributed by atoms with E-state index in [-0.39, 0.29) is 0 Å². The van der Waals surface area contributed by atoms with E-state index >= 15 is 0 Å². The smallest absolute Gasteiger partial charge is 0.0250 e. The maximum Gasteiger partial charge on any atom is -0.0250 e. The second-order valence-electron chi connectivity index (χ2n) is 13.1. The van der Waals surface area contributed by atoms with Crippen molar-refractivity contribution in [2.75, 3.05) is 0 Å². The monoisotopic (exact) mass is 561 g/mol. The topological polar surface area (TPSA) is 0 Å². The van der Waals surface area contributed by atoms with Crippen LogP contribution in [0.4, 0.5) is 0 Å². The summed E-state index contributed by atoms with van der Waals surface area (Å²) >= 11 is 0. The number of unbranched alkanes of at least 4 members (excludes halogenated alkanes) is 10. The van der Waals surface area contributed by atoms with Crippen molar-refractivity contribution in [1.29, 1.82) is 0 Å². The molecule has 2 aromatic rings. The van der Waals surface area contributed by atoms with Crippen molar-refractivity contribution >= 4 is 0 Å². The third-order valence-corrected chi connectivity index (χ3v) is 9.32. The second kappa shape index (κ2) is 23.0. The Morgan fingerprint density at radius 2 is 0.805 bits per heavy atom. The van der Waals surface area contributed by atoms with Gasteiger partial charge in [-0.1, -0.05) is 148 Å². The summed E-state index contributed by atoms with van der Waals surface area (Å²) in [6.07, 6.45) is 30.4. The van der Waals surface area contributed by atoms with Gasteiger partial charge in [0.2, 0.25) is 0 Å². The molecule has 0 N–H and O–H groups in total. The Bertz CT molecular complexity index is 906. The maximum atomic E-state index is 2.63. The Morgan fingerprint density at radius 1 is 0.390 bits per heavy atom. The van der Waals surface area contributed by atoms with E-state index < -0.39 is 0 Å². The third-order valence-electron chi connectivity index (χ3n) is 9.32. The van der Waals surface area contributed by atoms with Gasteiger partial charge in [-0.2, -0.15) is 0 Å². The molecule has 1 unspecified atom stereocenters. The molecule has 1 atom stereocenters. The van der Waals surface area contributed by atoms with Gasteiger partial charge in [0.05, 0.1) is 0 Å². The van der Waals surface area contributed by atoms with Crippen LogP contribution in [-0.2, 0) is 38.5 Å². The first-order valence-corrected chi connectivity index (χ1v) is 18.4. The summed E-state index contributed by atoms with van der Waals surface area (Å²) in [7, 11) is 0. The van der Waals surface area contributed by atoms with Gasteiger partial charge in [-0.3, -0.25) is 0 Å². The molecule has 0 heteroatoms. The molecule has 0 nitrogen and oxygen atoms in total. The van der Waals surface area contributed by atoms with Gasteiger partial charge in [-0.25, -0.2) is 0 Å². The van der Waals surface area contributed by atoms with Crippen molar-refractivity contribution in [3.05, 3.63) is 69.8 Å². The molecule has 0 amide bonds. The minimum atomic E-state index is 0.795. The summed E-state index contributed by atoms with van der Waals surface area (Å²) in [6, 6.07) is 15.2. The Hall–Kier alpha value is -1.56. The summed E-state index contributed by atoms with van der Waals surface area (Å²) in [4.78, 5) is 0. The number of rotatable bonds is 25. The molecule has 0 aliphatic heterocycles. The molecule has 0 aromatic heterocycles. The standard InChI is InChI=1S/C41H68/c1-6-11-16-21-35(32-37-29-31-39(23-18-13-8-3)41(34-37)25-20-15-10-5)26-27-36-28-30-38(22-17-12-7-2)40(33-36)24-19-14-9-4/h28-31,33-35H,6-27,32H2,1-5H3. The van der Waals surface area contributed by atoms with Crippen molar-refractivity contribution in [3.63, 3.8) is 0 Å². The Morgan fingerprint density at radius 3 is 1.29 bits per heavy atom. The largest absolute Gasteiger partial charge is 0.0654 e. The fourth-order valence-electron chi connectivity index (χ4n) is 6.59. The molecule has 0 heterocycles. The van der Waals surface area contributed by atoms with Crippen molar-refractivity contribution in [2.45, 2.75) is 182 Å². The average Bonchev–Trinajstić information content (AvgIpc) is 2.98. The Balaban J connectivity index is 2.14. The molecule has 0 aliphatic rings. The summed E-state index contributed by atoms with van der Waals surface area (Å²) in [5.41, 5.74) is 9.77. The van der Waals surface area contributed by atoms with Gasteiger partial charge < -0.3 is 0 Å². The van der Waals surface area contributed by atoms with Crippen LogP contribution in [0.3, 0.4) is 0 Å². The summed E-state index contributed by atoms with van der Waals surface area (Å²) in [5.74, 6) is 0.795. The Labute approximate surface area is 257 Å². The van der Waals surface area contributed by atoms with E-state index in [4.69, 9.17) is 0 Å². The van der Waals surface area contributed by atoms with Crippen LogP contribution in [0.25, 0.3) is 0 Å². The quantitative estimate of drug-likeness (QED) is 0.106. The van der Waals surface area contributed by atoms with E-state index in [0.717, 1.165) is 5.92 Å². The summed E-state index contributed by atoms with van der Waals surface area (Å²) in [6.45, 7) is 11.6. The van der Waals surface area contributed by atoms with Crippen LogP contribution in [0.15, 0.2) is 36.4 Å². The molecule has 0 saturated heterocycles. The van der Waals surface area contributed by atoms with Gasteiger partial charge >= 0.3 is 0 Å². The van der Waals surface area contributed by atoms with E-state index in [9.17, 15) is 0 Å². The lowest BCUT2D eigenvalue weighted by Crippen LogP contribution is -2.08. The molecular formula is C41H68. The van der Waals surface area contributed by atoms with Crippen LogP contribution in [-0.4, -0.2) is 0 Å². The highest BCUT2D eigenvalue weighted by Crippen LogP contribution is 2.26. The predicted molar refractivity (Wildman–Crippen MR) is 185 cm³/mol. The van der Waals surface area contributed by atoms with Crippen LogP contribution in [0.2, 0.25) is 0 Å². The number of hydrogen-bond acceptors (Lipinski definition) is 0. The van der Waals surface area contributed by atoms with E-state index in [2.05, 4.69) is 71.0 Å². The van der Waals surface area contributed by atoms with Gasteiger partial charge in [-0.15, -0.1) is 0 Å². The molecule has 0 aliphatic carbocycles. The van der Waals surface area contributed by atoms with Gasteiger partial charge in [0.25, 0.3) is 0 Å². The van der Waals surface area contributed by atoms with Crippen molar-refractivity contribution in [1.82, 2.24) is 0 Å². The van der Waals surface area contributed by atoms with E-state index in [1.807, 2.05) is 0 Å². The van der Waals surface area contributed by atoms with Crippen molar-refractivity contribution in [2.24, 2.45) is 5.92 Å². The summed E-state index contributed by atoms with van der Waals surface area (Å²) in [5, 5.41) is 0. The molecule has 0 saturated carbocycles. The molecule has 0 spiro atoms. The molecule has 232 valence electrons. The Kier molecular flexibility index (Phi) is 20.0. The van der Waals surface area contributed by atoms with Gasteiger partial charge in [-0.05, 0) is 110 Å². The van der Waals surface area contributed by atoms with Crippen LogP contribution >= 0.6 is 0 Å². The van der Waals surface area contributed by atoms with Crippen LogP contribution in [0.1, 0.15) is 177 Å². The summed E-state index contributed by atoms with van der Waals surface area (Å²) < 4.78 is 0. The highest BCUT2D eigenvalue weighted by molar-refractivity contribution is 5.34. The molecular weight excluding hydrogens is 492 g/mol. The third kappa shape index (κ3) is 14.9. The molecule has 2 aromatic carbocycles. The first kappa shape index (κ1) is 35.6. The van der Waals surface area contributed by atoms with Crippen LogP contribution in [0, 0.1) is 5.92 Å². The predicted octanol–water partition coefficient (Wildman–Crippen LogP) is 13.0. The molecule has 0 radical (unpaired) electrons. The lowest BCUT2D eigenvalue weighted by Gasteiger charge is -2.20. The number of aryl methyl sites for hydroxylation is 5. The van der Waals surface area contributed by atoms with Gasteiger partial charge in [0.1, 0.15) is 0 Å². The van der Waals surface area contributed by atoms with Crippen molar-refractivity contribution in [3.8, 4) is 0 Å². The number of hydrogen-bond donors (Lipinski definition) is 0. The minimum Gasteiger partial charge on any atom is -0.0654 e. The zero-order valence-electron chi connectivity index (χ0n) is 28.3. The van der Waals surface area contributed by atoms with E-state index in [0.29, 0.717) is 0 Å². The van der Waals surface area contributed by atoms with Crippen LogP contribution < -0.4 is 0 Å².